The molecule has 2 aromatic heterocycles. The molecule has 3 aromatic rings. The van der Waals surface area contributed by atoms with Crippen LogP contribution in [0.3, 0.4) is 0 Å². The Morgan fingerprint density at radius 1 is 1.07 bits per heavy atom. The second kappa shape index (κ2) is 10.5. The van der Waals surface area contributed by atoms with Gasteiger partial charge in [-0.15, -0.1) is 10.2 Å². The Kier molecular flexibility index (Phi) is 7.39. The summed E-state index contributed by atoms with van der Waals surface area (Å²) < 4.78 is 34.8. The second-order valence-electron chi connectivity index (χ2n) is 13.2. The maximum atomic E-state index is 15.2. The van der Waals surface area contributed by atoms with E-state index in [1.807, 2.05) is 51.8 Å². The molecule has 0 radical (unpaired) electrons. The highest BCUT2D eigenvalue weighted by Crippen LogP contribution is 2.52. The second-order valence-corrected chi connectivity index (χ2v) is 13.2. The Hall–Kier alpha value is -3.82. The monoisotopic (exact) mass is 579 g/mol. The van der Waals surface area contributed by atoms with E-state index >= 15 is 4.39 Å². The summed E-state index contributed by atoms with van der Waals surface area (Å²) in [5, 5.41) is 8.94. The smallest absolute Gasteiger partial charge is 0.411 e. The zero-order valence-corrected chi connectivity index (χ0v) is 25.4. The maximum Gasteiger partial charge on any atom is 0.411 e. The summed E-state index contributed by atoms with van der Waals surface area (Å²) in [5.74, 6) is 0.189. The predicted octanol–water partition coefficient (Wildman–Crippen LogP) is 6.49. The highest BCUT2D eigenvalue weighted by atomic mass is 19.1. The molecule has 1 aromatic carbocycles. The van der Waals surface area contributed by atoms with Gasteiger partial charge in [-0.3, -0.25) is 14.3 Å². The summed E-state index contributed by atoms with van der Waals surface area (Å²) in [6.07, 6.45) is 4.44. The van der Waals surface area contributed by atoms with Crippen molar-refractivity contribution >= 4 is 11.9 Å². The van der Waals surface area contributed by atoms with E-state index in [1.54, 1.807) is 6.07 Å². The third-order valence-electron chi connectivity index (χ3n) is 8.79. The molecule has 2 fully saturated rings. The zero-order chi connectivity index (χ0) is 30.6. The van der Waals surface area contributed by atoms with Crippen molar-refractivity contribution in [2.75, 3.05) is 11.9 Å². The van der Waals surface area contributed by atoms with Crippen LogP contribution in [0, 0.1) is 12.7 Å². The lowest BCUT2D eigenvalue weighted by Gasteiger charge is -2.52. The lowest BCUT2D eigenvalue weighted by molar-refractivity contribution is -0.0357. The Labute approximate surface area is 245 Å². The highest BCUT2D eigenvalue weighted by Gasteiger charge is 2.59. The standard InChI is InChI=1S/C32H39F2N5O3/c1-20-14-24(21-10-13-38(19-33)28(40)15-21)25(34)16-23(20)26-8-9-27(36-35-26)37(7)22-17-31(5)11-12-32(6,18-22)39(31)29(41)42-30(2,3)4/h8-10,13-16,22H,11-12,17-19H2,1-7H3/t22?,31-,32+. The number of ether oxygens (including phenoxy) is 1. The summed E-state index contributed by atoms with van der Waals surface area (Å²) in [4.78, 5) is 29.4. The molecule has 2 aliphatic rings. The molecule has 4 heterocycles. The first-order valence-corrected chi connectivity index (χ1v) is 14.3. The summed E-state index contributed by atoms with van der Waals surface area (Å²) >= 11 is 0. The number of benzene rings is 1. The van der Waals surface area contributed by atoms with Gasteiger partial charge < -0.3 is 9.64 Å². The van der Waals surface area contributed by atoms with Gasteiger partial charge in [0.2, 0.25) is 0 Å². The van der Waals surface area contributed by atoms with E-state index < -0.39 is 23.8 Å². The van der Waals surface area contributed by atoms with Crippen LogP contribution in [0.2, 0.25) is 0 Å². The van der Waals surface area contributed by atoms with E-state index in [0.29, 0.717) is 22.6 Å². The van der Waals surface area contributed by atoms with Crippen LogP contribution in [0.5, 0.6) is 0 Å². The van der Waals surface area contributed by atoms with Gasteiger partial charge in [0, 0.05) is 47.6 Å². The lowest BCUT2D eigenvalue weighted by atomic mass is 9.82. The van der Waals surface area contributed by atoms with Gasteiger partial charge in [0.15, 0.2) is 12.6 Å². The minimum Gasteiger partial charge on any atom is -0.444 e. The van der Waals surface area contributed by atoms with E-state index in [1.165, 1.54) is 24.4 Å². The number of pyridine rings is 1. The molecule has 0 spiro atoms. The SMILES string of the molecule is Cc1cc(-c2ccn(CF)c(=O)c2)c(F)cc1-c1ccc(N(C)C2C[C@]3(C)CC[C@](C)(C2)N3C(=O)OC(C)(C)C)nn1. The van der Waals surface area contributed by atoms with E-state index in [2.05, 4.69) is 28.9 Å². The van der Waals surface area contributed by atoms with E-state index in [0.717, 1.165) is 35.8 Å². The molecule has 2 bridgehead atoms. The third-order valence-corrected chi connectivity index (χ3v) is 8.79. The lowest BCUT2D eigenvalue weighted by Crippen LogP contribution is -2.63. The number of alkyl halides is 1. The molecular formula is C32H39F2N5O3. The van der Waals surface area contributed by atoms with Gasteiger partial charge in [-0.05, 0) is 109 Å². The molecule has 1 amide bonds. The fourth-order valence-electron chi connectivity index (χ4n) is 6.71. The Morgan fingerprint density at radius 2 is 1.74 bits per heavy atom. The average molecular weight is 580 g/mol. The van der Waals surface area contributed by atoms with E-state index in [-0.39, 0.29) is 28.8 Å². The number of hydrogen-bond acceptors (Lipinski definition) is 6. The van der Waals surface area contributed by atoms with Gasteiger partial charge in [0.05, 0.1) is 5.69 Å². The Balaban J connectivity index is 1.35. The van der Waals surface area contributed by atoms with Gasteiger partial charge in [-0.1, -0.05) is 0 Å². The summed E-state index contributed by atoms with van der Waals surface area (Å²) in [5.41, 5.74) is 0.798. The molecule has 42 heavy (non-hydrogen) atoms. The minimum atomic E-state index is -0.937. The number of carbonyl (C=O) groups is 1. The number of hydrogen-bond donors (Lipinski definition) is 0. The first-order chi connectivity index (χ1) is 19.6. The van der Waals surface area contributed by atoms with Gasteiger partial charge in [-0.25, -0.2) is 13.6 Å². The van der Waals surface area contributed by atoms with Crippen LogP contribution < -0.4 is 10.5 Å². The minimum absolute atomic E-state index is 0.146. The summed E-state index contributed by atoms with van der Waals surface area (Å²) in [7, 11) is 2.00. The van der Waals surface area contributed by atoms with Crippen molar-refractivity contribution in [1.82, 2.24) is 19.7 Å². The average Bonchev–Trinajstić information content (AvgIpc) is 3.09. The first-order valence-electron chi connectivity index (χ1n) is 14.3. The molecule has 0 aliphatic carbocycles. The van der Waals surface area contributed by atoms with Crippen LogP contribution in [0.4, 0.5) is 19.4 Å². The number of carbonyl (C=O) groups excluding carboxylic acids is 1. The highest BCUT2D eigenvalue weighted by molar-refractivity contribution is 5.73. The van der Waals surface area contributed by atoms with Crippen molar-refractivity contribution in [2.45, 2.75) is 96.7 Å². The number of aryl methyl sites for hydroxylation is 1. The topological polar surface area (TPSA) is 80.6 Å². The molecule has 2 aliphatic heterocycles. The molecule has 2 saturated heterocycles. The van der Waals surface area contributed by atoms with Crippen LogP contribution in [0.15, 0.2) is 47.4 Å². The van der Waals surface area contributed by atoms with Crippen molar-refractivity contribution in [1.29, 1.82) is 0 Å². The number of aromatic nitrogens is 3. The Morgan fingerprint density at radius 3 is 2.29 bits per heavy atom. The van der Waals surface area contributed by atoms with Crippen molar-refractivity contribution in [3.8, 4) is 22.4 Å². The van der Waals surface area contributed by atoms with Crippen molar-refractivity contribution < 1.29 is 18.3 Å². The van der Waals surface area contributed by atoms with Gasteiger partial charge in [0.25, 0.3) is 5.56 Å². The van der Waals surface area contributed by atoms with Crippen LogP contribution in [0.25, 0.3) is 22.4 Å². The fraction of sp³-hybridized carbons (Fsp3) is 0.500. The van der Waals surface area contributed by atoms with Gasteiger partial charge >= 0.3 is 6.09 Å². The molecule has 224 valence electrons. The first kappa shape index (κ1) is 29.7. The number of fused-ring (bicyclic) bond motifs is 2. The molecule has 0 saturated carbocycles. The van der Waals surface area contributed by atoms with E-state index in [4.69, 9.17) is 4.74 Å². The molecule has 8 nitrogen and oxygen atoms in total. The molecule has 10 heteroatoms. The third kappa shape index (κ3) is 5.39. The number of anilines is 1. The summed E-state index contributed by atoms with van der Waals surface area (Å²) in [6, 6.07) is 9.67. The molecule has 5 rings (SSSR count). The van der Waals surface area contributed by atoms with Gasteiger partial charge in [-0.2, -0.15) is 0 Å². The van der Waals surface area contributed by atoms with Gasteiger partial charge in [0.1, 0.15) is 11.4 Å². The molecule has 1 unspecified atom stereocenters. The predicted molar refractivity (Wildman–Crippen MR) is 159 cm³/mol. The van der Waals surface area contributed by atoms with Crippen LogP contribution >= 0.6 is 0 Å². The van der Waals surface area contributed by atoms with Crippen LogP contribution in [0.1, 0.15) is 65.9 Å². The van der Waals surface area contributed by atoms with E-state index in [9.17, 15) is 14.0 Å². The molecular weight excluding hydrogens is 540 g/mol. The maximum absolute atomic E-state index is 15.2. The van der Waals surface area contributed by atoms with Crippen LogP contribution in [-0.2, 0) is 11.5 Å². The quantitative estimate of drug-likeness (QED) is 0.344. The molecule has 0 N–H and O–H groups in total. The number of piperidine rings is 1. The number of amides is 1. The largest absolute Gasteiger partial charge is 0.444 e. The fourth-order valence-corrected chi connectivity index (χ4v) is 6.71. The van der Waals surface area contributed by atoms with Crippen molar-refractivity contribution in [3.63, 3.8) is 0 Å². The Bertz CT molecular complexity index is 1550. The number of halogens is 2. The normalized spacial score (nSPS) is 23.6. The summed E-state index contributed by atoms with van der Waals surface area (Å²) in [6.45, 7) is 10.9. The van der Waals surface area contributed by atoms with Crippen molar-refractivity contribution in [2.24, 2.45) is 0 Å². The number of rotatable bonds is 5. The van der Waals surface area contributed by atoms with Crippen molar-refractivity contribution in [3.05, 3.63) is 64.3 Å². The molecule has 3 atom stereocenters. The van der Waals surface area contributed by atoms with Crippen LogP contribution in [-0.4, -0.2) is 55.5 Å². The number of nitrogens with zero attached hydrogens (tertiary/aromatic N) is 5. The zero-order valence-electron chi connectivity index (χ0n) is 25.4.